The summed E-state index contributed by atoms with van der Waals surface area (Å²) in [6, 6.07) is 17.5. The molecule has 1 unspecified atom stereocenters. The van der Waals surface area contributed by atoms with Gasteiger partial charge >= 0.3 is 6.03 Å². The number of hydrogen-bond acceptors (Lipinski definition) is 4. The Morgan fingerprint density at radius 1 is 1.00 bits per heavy atom. The van der Waals surface area contributed by atoms with Gasteiger partial charge in [0.05, 0.1) is 11.2 Å². The molecule has 28 heavy (non-hydrogen) atoms. The Morgan fingerprint density at radius 3 is 2.50 bits per heavy atom. The predicted octanol–water partition coefficient (Wildman–Crippen LogP) is 4.40. The number of hydrogen-bond donors (Lipinski definition) is 2. The fourth-order valence-corrected chi connectivity index (χ4v) is 4.13. The predicted molar refractivity (Wildman–Crippen MR) is 107 cm³/mol. The number of benzene rings is 2. The van der Waals surface area contributed by atoms with E-state index in [0.717, 1.165) is 22.6 Å². The van der Waals surface area contributed by atoms with Gasteiger partial charge in [0.15, 0.2) is 6.04 Å². The molecule has 0 bridgehead atoms. The third-order valence-electron chi connectivity index (χ3n) is 4.63. The van der Waals surface area contributed by atoms with Gasteiger partial charge in [0.1, 0.15) is 5.76 Å². The summed E-state index contributed by atoms with van der Waals surface area (Å²) in [4.78, 5) is 25.1. The molecule has 5 nitrogen and oxygen atoms in total. The molecule has 0 spiro atoms. The molecular formula is C22H20N2O3S. The maximum absolute atomic E-state index is 11.9. The highest BCUT2D eigenvalue weighted by atomic mass is 32.2. The van der Waals surface area contributed by atoms with Gasteiger partial charge in [-0.25, -0.2) is 4.79 Å². The average Bonchev–Trinajstić information content (AvgIpc) is 3.26. The lowest BCUT2D eigenvalue weighted by Gasteiger charge is -2.08. The van der Waals surface area contributed by atoms with Crippen LogP contribution in [-0.4, -0.2) is 11.9 Å². The smallest absolute Gasteiger partial charge is 0.322 e. The van der Waals surface area contributed by atoms with Gasteiger partial charge in [0.25, 0.3) is 5.91 Å². The number of imide groups is 1. The monoisotopic (exact) mass is 392 g/mol. The highest BCUT2D eigenvalue weighted by molar-refractivity contribution is 7.99. The van der Waals surface area contributed by atoms with Crippen molar-refractivity contribution in [1.82, 2.24) is 10.6 Å². The summed E-state index contributed by atoms with van der Waals surface area (Å²) in [5.74, 6) is 0.0603. The van der Waals surface area contributed by atoms with Crippen LogP contribution in [0.5, 0.6) is 0 Å². The van der Waals surface area contributed by atoms with E-state index in [-0.39, 0.29) is 0 Å². The van der Waals surface area contributed by atoms with Crippen molar-refractivity contribution in [1.29, 1.82) is 0 Å². The van der Waals surface area contributed by atoms with Crippen LogP contribution in [0.15, 0.2) is 75.1 Å². The van der Waals surface area contributed by atoms with Crippen LogP contribution < -0.4 is 10.6 Å². The molecule has 2 heterocycles. The van der Waals surface area contributed by atoms with Crippen molar-refractivity contribution >= 4 is 23.7 Å². The standard InChI is InChI=1S/C22H20N2O3S/c1-14-3-2-4-16(13-14)6-5-15-7-9-17(10-8-15)28-18-11-12-27-20(18)19-21(25)24-22(26)23-19/h2-4,7-13,19H,5-6H2,1H3,(H2,23,24,25,26). The van der Waals surface area contributed by atoms with Gasteiger partial charge in [-0.15, -0.1) is 0 Å². The van der Waals surface area contributed by atoms with Crippen molar-refractivity contribution in [3.05, 3.63) is 83.3 Å². The zero-order chi connectivity index (χ0) is 19.5. The van der Waals surface area contributed by atoms with Gasteiger partial charge in [-0.3, -0.25) is 10.1 Å². The molecule has 2 N–H and O–H groups in total. The van der Waals surface area contributed by atoms with Gasteiger partial charge in [-0.05, 0) is 49.1 Å². The molecule has 4 rings (SSSR count). The van der Waals surface area contributed by atoms with Crippen molar-refractivity contribution in [2.75, 3.05) is 0 Å². The minimum atomic E-state index is -0.779. The van der Waals surface area contributed by atoms with Gasteiger partial charge in [-0.1, -0.05) is 53.7 Å². The molecular weight excluding hydrogens is 372 g/mol. The largest absolute Gasteiger partial charge is 0.465 e. The molecule has 1 atom stereocenters. The van der Waals surface area contributed by atoms with E-state index >= 15 is 0 Å². The Kier molecular flexibility index (Phi) is 5.21. The zero-order valence-corrected chi connectivity index (χ0v) is 16.2. The Balaban J connectivity index is 1.41. The molecule has 0 saturated carbocycles. The molecule has 1 aliphatic heterocycles. The molecule has 3 amide bonds. The van der Waals surface area contributed by atoms with Crippen molar-refractivity contribution in [3.8, 4) is 0 Å². The van der Waals surface area contributed by atoms with E-state index in [1.807, 2.05) is 6.07 Å². The van der Waals surface area contributed by atoms with Crippen LogP contribution in [-0.2, 0) is 17.6 Å². The number of carbonyl (C=O) groups excluding carboxylic acids is 2. The van der Waals surface area contributed by atoms with E-state index in [1.54, 1.807) is 0 Å². The van der Waals surface area contributed by atoms with Crippen molar-refractivity contribution < 1.29 is 14.0 Å². The molecule has 0 radical (unpaired) electrons. The van der Waals surface area contributed by atoms with E-state index in [2.05, 4.69) is 66.1 Å². The zero-order valence-electron chi connectivity index (χ0n) is 15.4. The molecule has 1 fully saturated rings. The van der Waals surface area contributed by atoms with Gasteiger partial charge in [0, 0.05) is 4.90 Å². The molecule has 0 aliphatic carbocycles. The van der Waals surface area contributed by atoms with Crippen LogP contribution in [0.4, 0.5) is 4.79 Å². The number of urea groups is 1. The molecule has 1 aliphatic rings. The van der Waals surface area contributed by atoms with Crippen LogP contribution >= 0.6 is 11.8 Å². The summed E-state index contributed by atoms with van der Waals surface area (Å²) in [6.07, 6.45) is 3.53. The lowest BCUT2D eigenvalue weighted by Crippen LogP contribution is -2.22. The summed E-state index contributed by atoms with van der Waals surface area (Å²) < 4.78 is 5.46. The lowest BCUT2D eigenvalue weighted by atomic mass is 10.0. The lowest BCUT2D eigenvalue weighted by molar-refractivity contribution is -0.120. The fourth-order valence-electron chi connectivity index (χ4n) is 3.21. The molecule has 1 aromatic heterocycles. The van der Waals surface area contributed by atoms with Crippen molar-refractivity contribution in [2.45, 2.75) is 35.6 Å². The number of aryl methyl sites for hydroxylation is 3. The van der Waals surface area contributed by atoms with E-state index < -0.39 is 18.0 Å². The van der Waals surface area contributed by atoms with Crippen molar-refractivity contribution in [3.63, 3.8) is 0 Å². The van der Waals surface area contributed by atoms with Gasteiger partial charge in [-0.2, -0.15) is 0 Å². The summed E-state index contributed by atoms with van der Waals surface area (Å²) in [7, 11) is 0. The Morgan fingerprint density at radius 2 is 1.79 bits per heavy atom. The summed E-state index contributed by atoms with van der Waals surface area (Å²) in [5.41, 5.74) is 3.91. The molecule has 1 saturated heterocycles. The number of nitrogens with one attached hydrogen (secondary N) is 2. The fraction of sp³-hybridized carbons (Fsp3) is 0.182. The van der Waals surface area contributed by atoms with Crippen LogP contribution in [0.1, 0.15) is 28.5 Å². The Bertz CT molecular complexity index is 1010. The van der Waals surface area contributed by atoms with E-state index in [0.29, 0.717) is 5.76 Å². The first-order chi connectivity index (χ1) is 13.6. The van der Waals surface area contributed by atoms with Crippen LogP contribution in [0, 0.1) is 6.92 Å². The van der Waals surface area contributed by atoms with E-state index in [4.69, 9.17) is 4.42 Å². The topological polar surface area (TPSA) is 71.3 Å². The number of amides is 3. The first-order valence-corrected chi connectivity index (χ1v) is 9.91. The minimum Gasteiger partial charge on any atom is -0.465 e. The molecule has 3 aromatic rings. The minimum absolute atomic E-state index is 0.395. The van der Waals surface area contributed by atoms with Crippen LogP contribution in [0.3, 0.4) is 0 Å². The van der Waals surface area contributed by atoms with E-state index in [1.165, 1.54) is 34.7 Å². The highest BCUT2D eigenvalue weighted by Crippen LogP contribution is 2.35. The van der Waals surface area contributed by atoms with Crippen LogP contribution in [0.2, 0.25) is 0 Å². The van der Waals surface area contributed by atoms with Gasteiger partial charge in [0.2, 0.25) is 0 Å². The third kappa shape index (κ3) is 4.12. The summed E-state index contributed by atoms with van der Waals surface area (Å²) in [6.45, 7) is 2.11. The first-order valence-electron chi connectivity index (χ1n) is 9.09. The second kappa shape index (κ2) is 7.94. The summed E-state index contributed by atoms with van der Waals surface area (Å²) in [5, 5.41) is 4.80. The number of rotatable bonds is 6. The molecule has 142 valence electrons. The van der Waals surface area contributed by atoms with Gasteiger partial charge < -0.3 is 9.73 Å². The first kappa shape index (κ1) is 18.4. The Labute approximate surface area is 167 Å². The third-order valence-corrected chi connectivity index (χ3v) is 5.69. The summed E-state index contributed by atoms with van der Waals surface area (Å²) >= 11 is 1.51. The quantitative estimate of drug-likeness (QED) is 0.610. The van der Waals surface area contributed by atoms with Crippen molar-refractivity contribution in [2.24, 2.45) is 0 Å². The second-order valence-corrected chi connectivity index (χ2v) is 7.90. The normalized spacial score (nSPS) is 16.1. The van der Waals surface area contributed by atoms with Crippen LogP contribution in [0.25, 0.3) is 0 Å². The maximum Gasteiger partial charge on any atom is 0.322 e. The number of furan rings is 1. The Hall–Kier alpha value is -2.99. The molecule has 2 aromatic carbocycles. The number of carbonyl (C=O) groups is 2. The van der Waals surface area contributed by atoms with E-state index in [9.17, 15) is 9.59 Å². The second-order valence-electron chi connectivity index (χ2n) is 6.78. The molecule has 6 heteroatoms. The highest BCUT2D eigenvalue weighted by Gasteiger charge is 2.35. The average molecular weight is 392 g/mol. The maximum atomic E-state index is 11.9. The SMILES string of the molecule is Cc1cccc(CCc2ccc(Sc3ccoc3C3NC(=O)NC3=O)cc2)c1.